The molecular weight excluding hydrogens is 259 g/mol. The van der Waals surface area contributed by atoms with Gasteiger partial charge in [-0.3, -0.25) is 14.9 Å². The average molecular weight is 272 g/mol. The Hall–Kier alpha value is -2.06. The summed E-state index contributed by atoms with van der Waals surface area (Å²) in [5.41, 5.74) is -0.664. The molecule has 0 heterocycles. The van der Waals surface area contributed by atoms with Crippen molar-refractivity contribution in [2.24, 2.45) is 0 Å². The number of nitrogens with one attached hydrogen (secondary N) is 1. The Bertz CT molecular complexity index is 494. The van der Waals surface area contributed by atoms with Crippen LogP contribution in [-0.4, -0.2) is 36.2 Å². The van der Waals surface area contributed by atoms with E-state index in [1.165, 1.54) is 13.1 Å². The smallest absolute Gasteiger partial charge is 0.325 e. The van der Waals surface area contributed by atoms with Crippen molar-refractivity contribution >= 4 is 11.7 Å². The maximum absolute atomic E-state index is 13.4. The van der Waals surface area contributed by atoms with E-state index in [1.807, 2.05) is 0 Å². The summed E-state index contributed by atoms with van der Waals surface area (Å²) in [7, 11) is 2.57. The lowest BCUT2D eigenvalue weighted by molar-refractivity contribution is -0.387. The van der Waals surface area contributed by atoms with Crippen molar-refractivity contribution in [3.05, 3.63) is 39.7 Å². The van der Waals surface area contributed by atoms with E-state index < -0.39 is 34.5 Å². The number of nitrogens with zero attached hydrogens (tertiary/aromatic N) is 1. The van der Waals surface area contributed by atoms with Crippen LogP contribution in [0.15, 0.2) is 18.2 Å². The maximum Gasteiger partial charge on any atom is 0.325 e. The zero-order valence-corrected chi connectivity index (χ0v) is 10.3. The molecule has 0 aliphatic carbocycles. The Balaban J connectivity index is 3.06. The number of nitro groups is 1. The zero-order valence-electron chi connectivity index (χ0n) is 10.3. The van der Waals surface area contributed by atoms with Crippen LogP contribution in [0.2, 0.25) is 0 Å². The Morgan fingerprint density at radius 3 is 2.63 bits per heavy atom. The summed E-state index contributed by atoms with van der Waals surface area (Å²) in [6.07, 6.45) is -1.38. The van der Waals surface area contributed by atoms with Gasteiger partial charge in [-0.25, -0.2) is 0 Å². The largest absolute Gasteiger partial charge is 0.468 e. The summed E-state index contributed by atoms with van der Waals surface area (Å²) < 4.78 is 17.9. The van der Waals surface area contributed by atoms with Gasteiger partial charge < -0.3 is 15.2 Å². The van der Waals surface area contributed by atoms with Gasteiger partial charge in [0, 0.05) is 6.07 Å². The highest BCUT2D eigenvalue weighted by atomic mass is 19.1. The van der Waals surface area contributed by atoms with Crippen molar-refractivity contribution < 1.29 is 24.0 Å². The molecule has 2 atom stereocenters. The Kier molecular flexibility index (Phi) is 4.90. The normalized spacial score (nSPS) is 13.7. The number of aliphatic hydroxyl groups excluding tert-OH is 1. The average Bonchev–Trinajstić information content (AvgIpc) is 2.38. The van der Waals surface area contributed by atoms with Crippen LogP contribution in [0.3, 0.4) is 0 Å². The Morgan fingerprint density at radius 1 is 1.58 bits per heavy atom. The summed E-state index contributed by atoms with van der Waals surface area (Å²) in [5, 5.41) is 22.9. The standard InChI is InChI=1S/C11H13FN2O5/c1-13-9(11(16)19-2)10(15)6-3-4-8(14(17)18)7(12)5-6/h3-5,9-10,13,15H,1-2H3. The number of carbonyl (C=O) groups excluding carboxylic acids is 1. The molecule has 1 aromatic rings. The van der Waals surface area contributed by atoms with Gasteiger partial charge in [0.25, 0.3) is 0 Å². The van der Waals surface area contributed by atoms with Crippen LogP contribution in [0.25, 0.3) is 0 Å². The van der Waals surface area contributed by atoms with Crippen molar-refractivity contribution in [2.75, 3.05) is 14.2 Å². The fourth-order valence-electron chi connectivity index (χ4n) is 1.58. The van der Waals surface area contributed by atoms with Crippen LogP contribution in [-0.2, 0) is 9.53 Å². The summed E-state index contributed by atoms with van der Waals surface area (Å²) in [6, 6.07) is 1.83. The highest BCUT2D eigenvalue weighted by molar-refractivity contribution is 5.76. The molecule has 0 radical (unpaired) electrons. The van der Waals surface area contributed by atoms with E-state index in [2.05, 4.69) is 10.1 Å². The molecule has 0 bridgehead atoms. The van der Waals surface area contributed by atoms with Crippen LogP contribution in [0, 0.1) is 15.9 Å². The lowest BCUT2D eigenvalue weighted by Gasteiger charge is -2.20. The summed E-state index contributed by atoms with van der Waals surface area (Å²) in [5.74, 6) is -1.81. The molecule has 0 fully saturated rings. The number of hydrogen-bond acceptors (Lipinski definition) is 6. The lowest BCUT2D eigenvalue weighted by atomic mass is 10.0. The molecule has 0 amide bonds. The highest BCUT2D eigenvalue weighted by Crippen LogP contribution is 2.24. The fraction of sp³-hybridized carbons (Fsp3) is 0.364. The van der Waals surface area contributed by atoms with Gasteiger partial charge in [-0.05, 0) is 24.7 Å². The van der Waals surface area contributed by atoms with E-state index in [4.69, 9.17) is 0 Å². The van der Waals surface area contributed by atoms with Gasteiger partial charge >= 0.3 is 11.7 Å². The molecular formula is C11H13FN2O5. The molecule has 1 aromatic carbocycles. The number of ether oxygens (including phenoxy) is 1. The first-order valence-corrected chi connectivity index (χ1v) is 5.29. The first kappa shape index (κ1) is 15.0. The molecule has 0 aliphatic heterocycles. The minimum Gasteiger partial charge on any atom is -0.468 e. The molecule has 0 aliphatic rings. The van der Waals surface area contributed by atoms with Crippen molar-refractivity contribution in [3.63, 3.8) is 0 Å². The molecule has 2 unspecified atom stereocenters. The van der Waals surface area contributed by atoms with Gasteiger partial charge in [-0.15, -0.1) is 0 Å². The van der Waals surface area contributed by atoms with Crippen molar-refractivity contribution in [1.82, 2.24) is 5.32 Å². The zero-order chi connectivity index (χ0) is 14.6. The third kappa shape index (κ3) is 3.24. The number of carbonyl (C=O) groups is 1. The second kappa shape index (κ2) is 6.21. The minimum absolute atomic E-state index is 0.0350. The Labute approximate surface area is 108 Å². The number of nitro benzene ring substituents is 1. The van der Waals surface area contributed by atoms with E-state index in [0.29, 0.717) is 0 Å². The van der Waals surface area contributed by atoms with Gasteiger partial charge in [-0.1, -0.05) is 0 Å². The first-order chi connectivity index (χ1) is 8.92. The van der Waals surface area contributed by atoms with Gasteiger partial charge in [0.05, 0.1) is 12.0 Å². The SMILES string of the molecule is CNC(C(=O)OC)C(O)c1ccc([N+](=O)[O-])c(F)c1. The molecule has 104 valence electrons. The first-order valence-electron chi connectivity index (χ1n) is 5.29. The second-order valence-electron chi connectivity index (χ2n) is 3.70. The molecule has 19 heavy (non-hydrogen) atoms. The predicted molar refractivity (Wildman–Crippen MR) is 62.9 cm³/mol. The van der Waals surface area contributed by atoms with Crippen LogP contribution < -0.4 is 5.32 Å². The number of methoxy groups -OCH3 is 1. The number of halogens is 1. The fourth-order valence-corrected chi connectivity index (χ4v) is 1.58. The van der Waals surface area contributed by atoms with Crippen molar-refractivity contribution in [3.8, 4) is 0 Å². The molecule has 0 saturated carbocycles. The predicted octanol–water partition coefficient (Wildman–Crippen LogP) is 0.528. The van der Waals surface area contributed by atoms with Crippen molar-refractivity contribution in [2.45, 2.75) is 12.1 Å². The maximum atomic E-state index is 13.4. The quantitative estimate of drug-likeness (QED) is 0.460. The molecule has 0 aromatic heterocycles. The number of aliphatic hydroxyl groups is 1. The van der Waals surface area contributed by atoms with E-state index in [1.54, 1.807) is 0 Å². The molecule has 2 N–H and O–H groups in total. The number of rotatable bonds is 5. The molecule has 0 saturated heterocycles. The van der Waals surface area contributed by atoms with Crippen molar-refractivity contribution in [1.29, 1.82) is 0 Å². The summed E-state index contributed by atoms with van der Waals surface area (Å²) in [6.45, 7) is 0. The Morgan fingerprint density at radius 2 is 2.21 bits per heavy atom. The van der Waals surface area contributed by atoms with Crippen LogP contribution in [0.5, 0.6) is 0 Å². The number of hydrogen-bond donors (Lipinski definition) is 2. The molecule has 7 nitrogen and oxygen atoms in total. The molecule has 1 rings (SSSR count). The summed E-state index contributed by atoms with van der Waals surface area (Å²) >= 11 is 0. The van der Waals surface area contributed by atoms with E-state index in [-0.39, 0.29) is 5.56 Å². The van der Waals surface area contributed by atoms with Gasteiger partial charge in [0.15, 0.2) is 0 Å². The monoisotopic (exact) mass is 272 g/mol. The number of esters is 1. The van der Waals surface area contributed by atoms with Crippen LogP contribution in [0.4, 0.5) is 10.1 Å². The lowest BCUT2D eigenvalue weighted by Crippen LogP contribution is -2.40. The molecule has 8 heteroatoms. The topological polar surface area (TPSA) is 102 Å². The summed E-state index contributed by atoms with van der Waals surface area (Å²) in [4.78, 5) is 21.0. The van der Waals surface area contributed by atoms with Gasteiger partial charge in [0.2, 0.25) is 5.82 Å². The minimum atomic E-state index is -1.38. The van der Waals surface area contributed by atoms with E-state index in [9.17, 15) is 24.4 Å². The second-order valence-corrected chi connectivity index (χ2v) is 3.70. The number of benzene rings is 1. The molecule has 0 spiro atoms. The highest BCUT2D eigenvalue weighted by Gasteiger charge is 2.28. The number of likely N-dealkylation sites (N-methyl/N-ethyl adjacent to an activating group) is 1. The van der Waals surface area contributed by atoms with E-state index >= 15 is 0 Å². The van der Waals surface area contributed by atoms with Gasteiger partial charge in [-0.2, -0.15) is 4.39 Å². The van der Waals surface area contributed by atoms with Crippen LogP contribution >= 0.6 is 0 Å². The van der Waals surface area contributed by atoms with E-state index in [0.717, 1.165) is 19.2 Å². The third-order valence-corrected chi connectivity index (χ3v) is 2.59. The van der Waals surface area contributed by atoms with Gasteiger partial charge in [0.1, 0.15) is 12.1 Å². The van der Waals surface area contributed by atoms with Crippen LogP contribution in [0.1, 0.15) is 11.7 Å². The third-order valence-electron chi connectivity index (χ3n) is 2.59.